The van der Waals surface area contributed by atoms with Crippen molar-refractivity contribution in [1.82, 2.24) is 24.5 Å². The lowest BCUT2D eigenvalue weighted by atomic mass is 10.2. The van der Waals surface area contributed by atoms with Crippen LogP contribution in [-0.2, 0) is 24.3 Å². The van der Waals surface area contributed by atoms with Gasteiger partial charge in [-0.25, -0.2) is 0 Å². The maximum Gasteiger partial charge on any atom is 0.297 e. The molecule has 0 spiro atoms. The lowest BCUT2D eigenvalue weighted by Crippen LogP contribution is -2.33. The van der Waals surface area contributed by atoms with E-state index in [0.29, 0.717) is 17.1 Å². The Morgan fingerprint density at radius 1 is 1.07 bits per heavy atom. The molecule has 0 aliphatic carbocycles. The lowest BCUT2D eigenvalue weighted by Gasteiger charge is -2.13. The number of fused-ring (bicyclic) bond motifs is 3. The number of benzene rings is 2. The topological polar surface area (TPSA) is 81.3 Å². The zero-order chi connectivity index (χ0) is 20.4. The highest BCUT2D eigenvalue weighted by atomic mass is 35.5. The number of amides is 1. The summed E-state index contributed by atoms with van der Waals surface area (Å²) in [6, 6.07) is 14.7. The van der Waals surface area contributed by atoms with Crippen LogP contribution in [-0.4, -0.2) is 25.1 Å². The highest BCUT2D eigenvalue weighted by molar-refractivity contribution is 6.30. The van der Waals surface area contributed by atoms with Gasteiger partial charge in [-0.1, -0.05) is 42.8 Å². The van der Waals surface area contributed by atoms with Crippen LogP contribution in [0.25, 0.3) is 16.7 Å². The van der Waals surface area contributed by atoms with Crippen molar-refractivity contribution in [1.29, 1.82) is 0 Å². The zero-order valence-corrected chi connectivity index (χ0v) is 16.7. The Morgan fingerprint density at radius 2 is 1.79 bits per heavy atom. The van der Waals surface area contributed by atoms with Gasteiger partial charge in [0, 0.05) is 18.0 Å². The normalized spacial score (nSPS) is 11.2. The molecule has 2 heterocycles. The minimum atomic E-state index is -0.333. The first-order valence-corrected chi connectivity index (χ1v) is 9.83. The van der Waals surface area contributed by atoms with Crippen LogP contribution in [0.3, 0.4) is 0 Å². The molecular weight excluding hydrogens is 390 g/mol. The van der Waals surface area contributed by atoms with E-state index in [2.05, 4.69) is 22.4 Å². The minimum absolute atomic E-state index is 0.0978. The first-order valence-electron chi connectivity index (χ1n) is 9.45. The van der Waals surface area contributed by atoms with Gasteiger partial charge in [0.25, 0.3) is 5.56 Å². The highest BCUT2D eigenvalue weighted by Crippen LogP contribution is 2.16. The van der Waals surface area contributed by atoms with Crippen molar-refractivity contribution in [2.45, 2.75) is 32.9 Å². The van der Waals surface area contributed by atoms with Gasteiger partial charge in [0.15, 0.2) is 0 Å². The summed E-state index contributed by atoms with van der Waals surface area (Å²) in [7, 11) is 0. The summed E-state index contributed by atoms with van der Waals surface area (Å²) >= 11 is 5.89. The summed E-state index contributed by atoms with van der Waals surface area (Å²) in [5.41, 5.74) is 2.31. The van der Waals surface area contributed by atoms with E-state index in [9.17, 15) is 9.59 Å². The average Bonchev–Trinajstić information content (AvgIpc) is 3.15. The molecule has 29 heavy (non-hydrogen) atoms. The number of aryl methyl sites for hydroxylation is 1. The van der Waals surface area contributed by atoms with Crippen LogP contribution in [0, 0.1) is 0 Å². The maximum atomic E-state index is 13.1. The molecule has 4 rings (SSSR count). The summed E-state index contributed by atoms with van der Waals surface area (Å²) in [6.45, 7) is 2.31. The number of carbonyl (C=O) groups is 1. The first-order chi connectivity index (χ1) is 14.1. The second-order valence-electron chi connectivity index (χ2n) is 6.81. The lowest BCUT2D eigenvalue weighted by molar-refractivity contribution is -0.121. The van der Waals surface area contributed by atoms with Crippen molar-refractivity contribution >= 4 is 34.2 Å². The van der Waals surface area contributed by atoms with Crippen molar-refractivity contribution in [3.05, 3.63) is 75.3 Å². The molecule has 0 atom stereocenters. The van der Waals surface area contributed by atoms with Gasteiger partial charge in [-0.3, -0.25) is 18.6 Å². The summed E-state index contributed by atoms with van der Waals surface area (Å²) in [5, 5.41) is 11.8. The molecule has 1 N–H and O–H groups in total. The molecule has 1 amide bonds. The minimum Gasteiger partial charge on any atom is -0.350 e. The van der Waals surface area contributed by atoms with Crippen LogP contribution >= 0.6 is 11.6 Å². The fourth-order valence-corrected chi connectivity index (χ4v) is 3.49. The van der Waals surface area contributed by atoms with E-state index in [1.807, 2.05) is 36.4 Å². The summed E-state index contributed by atoms with van der Waals surface area (Å²) < 4.78 is 3.25. The van der Waals surface area contributed by atoms with E-state index in [1.54, 1.807) is 16.5 Å². The van der Waals surface area contributed by atoms with E-state index in [4.69, 9.17) is 11.6 Å². The zero-order valence-electron chi connectivity index (χ0n) is 15.9. The predicted molar refractivity (Wildman–Crippen MR) is 112 cm³/mol. The second-order valence-corrected chi connectivity index (χ2v) is 7.24. The van der Waals surface area contributed by atoms with Crippen LogP contribution in [0.4, 0.5) is 0 Å². The van der Waals surface area contributed by atoms with Crippen LogP contribution in [0.15, 0.2) is 53.3 Å². The second kappa shape index (κ2) is 8.05. The van der Waals surface area contributed by atoms with Gasteiger partial charge in [-0.2, -0.15) is 0 Å². The average molecular weight is 410 g/mol. The highest BCUT2D eigenvalue weighted by Gasteiger charge is 2.17. The molecule has 0 radical (unpaired) electrons. The Bertz CT molecular complexity index is 1240. The largest absolute Gasteiger partial charge is 0.350 e. The SMILES string of the molecule is CCCc1nnc2c(=O)n(CC(=O)NCc3ccc(Cl)cc3)c3ccccc3n12. The number of para-hydroxylation sites is 2. The van der Waals surface area contributed by atoms with Crippen molar-refractivity contribution in [2.24, 2.45) is 0 Å². The van der Waals surface area contributed by atoms with Gasteiger partial charge in [-0.05, 0) is 36.2 Å². The van der Waals surface area contributed by atoms with Gasteiger partial charge >= 0.3 is 0 Å². The molecule has 8 heteroatoms. The van der Waals surface area contributed by atoms with Gasteiger partial charge in [0.05, 0.1) is 11.0 Å². The number of hydrogen-bond acceptors (Lipinski definition) is 4. The fourth-order valence-electron chi connectivity index (χ4n) is 3.36. The Kier molecular flexibility index (Phi) is 5.31. The van der Waals surface area contributed by atoms with E-state index < -0.39 is 0 Å². The van der Waals surface area contributed by atoms with E-state index in [1.165, 1.54) is 4.57 Å². The van der Waals surface area contributed by atoms with Crippen molar-refractivity contribution in [2.75, 3.05) is 0 Å². The third kappa shape index (κ3) is 3.73. The molecular formula is C21H20ClN5O2. The van der Waals surface area contributed by atoms with E-state index >= 15 is 0 Å². The maximum absolute atomic E-state index is 13.1. The Hall–Kier alpha value is -3.19. The van der Waals surface area contributed by atoms with E-state index in [-0.39, 0.29) is 23.7 Å². The molecule has 7 nitrogen and oxygen atoms in total. The third-order valence-electron chi connectivity index (χ3n) is 4.76. The molecule has 0 unspecified atom stereocenters. The number of nitrogens with one attached hydrogen (secondary N) is 1. The summed E-state index contributed by atoms with van der Waals surface area (Å²) in [4.78, 5) is 25.6. The van der Waals surface area contributed by atoms with Crippen LogP contribution in [0.5, 0.6) is 0 Å². The predicted octanol–water partition coefficient (Wildman–Crippen LogP) is 2.97. The number of carbonyl (C=O) groups excluding carboxylic acids is 1. The first kappa shape index (κ1) is 19.1. The van der Waals surface area contributed by atoms with Gasteiger partial charge in [0.1, 0.15) is 12.4 Å². The Balaban J connectivity index is 1.67. The standard InChI is InChI=1S/C21H20ClN5O2/c1-2-5-18-24-25-20-21(29)26(16-6-3-4-7-17(16)27(18)20)13-19(28)23-12-14-8-10-15(22)11-9-14/h3-4,6-11H,2,5,12-13H2,1H3,(H,23,28). The van der Waals surface area contributed by atoms with Crippen LogP contribution < -0.4 is 10.9 Å². The van der Waals surface area contributed by atoms with Crippen LogP contribution in [0.2, 0.25) is 5.02 Å². The summed E-state index contributed by atoms with van der Waals surface area (Å²) in [6.07, 6.45) is 1.61. The molecule has 0 aliphatic rings. The smallest absolute Gasteiger partial charge is 0.297 e. The quantitative estimate of drug-likeness (QED) is 0.530. The van der Waals surface area contributed by atoms with Gasteiger partial charge < -0.3 is 5.32 Å². The molecule has 0 saturated heterocycles. The summed E-state index contributed by atoms with van der Waals surface area (Å²) in [5.74, 6) is 0.486. The Labute approximate surface area is 171 Å². The fraction of sp³-hybridized carbons (Fsp3) is 0.238. The monoisotopic (exact) mass is 409 g/mol. The molecule has 148 valence electrons. The Morgan fingerprint density at radius 3 is 2.52 bits per heavy atom. The molecule has 4 aromatic rings. The number of halogens is 1. The third-order valence-corrected chi connectivity index (χ3v) is 5.01. The van der Waals surface area contributed by atoms with Crippen molar-refractivity contribution < 1.29 is 4.79 Å². The molecule has 2 aromatic carbocycles. The van der Waals surface area contributed by atoms with Gasteiger partial charge in [-0.15, -0.1) is 10.2 Å². The molecule has 2 aromatic heterocycles. The number of nitrogens with zero attached hydrogens (tertiary/aromatic N) is 4. The molecule has 0 fully saturated rings. The van der Waals surface area contributed by atoms with Gasteiger partial charge in [0.2, 0.25) is 11.6 Å². The number of aromatic nitrogens is 4. The number of rotatable bonds is 6. The van der Waals surface area contributed by atoms with Crippen LogP contribution in [0.1, 0.15) is 24.7 Å². The molecule has 0 saturated carbocycles. The number of hydrogen-bond donors (Lipinski definition) is 1. The molecule has 0 aliphatic heterocycles. The van der Waals surface area contributed by atoms with E-state index in [0.717, 1.165) is 29.7 Å². The molecule has 0 bridgehead atoms. The van der Waals surface area contributed by atoms with Crippen molar-refractivity contribution in [3.63, 3.8) is 0 Å². The van der Waals surface area contributed by atoms with Crippen molar-refractivity contribution in [3.8, 4) is 0 Å².